The Morgan fingerprint density at radius 3 is 1.65 bits per heavy atom. The van der Waals surface area contributed by atoms with Crippen LogP contribution >= 0.6 is 0 Å². The van der Waals surface area contributed by atoms with Gasteiger partial charge >= 0.3 is 5.69 Å². The number of imidazole rings is 1. The molecule has 0 saturated carbocycles. The lowest BCUT2D eigenvalue weighted by molar-refractivity contribution is 0.768. The summed E-state index contributed by atoms with van der Waals surface area (Å²) in [7, 11) is 0. The van der Waals surface area contributed by atoms with E-state index in [-0.39, 0.29) is 9.13 Å². The summed E-state index contributed by atoms with van der Waals surface area (Å²) in [5, 5.41) is 0. The Balaban J connectivity index is 1.44. The number of hydrogen-bond donors (Lipinski definition) is 0. The number of aryl methyl sites for hydroxylation is 2. The molecule has 0 spiro atoms. The third-order valence-corrected chi connectivity index (χ3v) is 8.60. The van der Waals surface area contributed by atoms with Crippen molar-refractivity contribution < 1.29 is 48.0 Å². The Kier molecular flexibility index (Phi) is 2.88. The molecule has 9 aromatic rings. The summed E-state index contributed by atoms with van der Waals surface area (Å²) in [6.07, 6.45) is 0. The van der Waals surface area contributed by atoms with Gasteiger partial charge in [0.2, 0.25) is 0 Å². The number of aromatic nitrogens is 5. The predicted molar refractivity (Wildman–Crippen MR) is 221 cm³/mol. The van der Waals surface area contributed by atoms with Crippen LogP contribution in [-0.4, -0.2) is 24.1 Å². The molecule has 2 heterocycles. The van der Waals surface area contributed by atoms with Crippen molar-refractivity contribution in [3.8, 4) is 56.4 Å². The van der Waals surface area contributed by atoms with Crippen molar-refractivity contribution in [3.63, 3.8) is 0 Å². The lowest BCUT2D eigenvalue weighted by atomic mass is 9.67. The molecular formula is C49H35N5O. The molecule has 0 bridgehead atoms. The van der Waals surface area contributed by atoms with E-state index < -0.39 is 290 Å². The minimum Gasteiger partial charge on any atom is -0.295 e. The molecular weight excluding hydrogens is 675 g/mol. The monoisotopic (exact) mass is 745 g/mol. The minimum absolute atomic E-state index is 0.126. The fourth-order valence-electron chi connectivity index (χ4n) is 6.26. The van der Waals surface area contributed by atoms with Crippen LogP contribution in [0.3, 0.4) is 0 Å². The third kappa shape index (κ3) is 5.02. The van der Waals surface area contributed by atoms with Crippen LogP contribution in [0, 0.1) is 0 Å². The van der Waals surface area contributed by atoms with Gasteiger partial charge in [-0.3, -0.25) is 9.13 Å². The maximum absolute atomic E-state index is 13.6. The molecule has 0 atom stereocenters. The zero-order chi connectivity index (χ0) is 67.3. The summed E-state index contributed by atoms with van der Waals surface area (Å²) in [5.41, 5.74) is -18.7. The van der Waals surface area contributed by atoms with Gasteiger partial charge in [-0.1, -0.05) is 163 Å². The summed E-state index contributed by atoms with van der Waals surface area (Å²) >= 11 is 0. The average Bonchev–Trinajstić information content (AvgIpc) is 1.46. The zero-order valence-electron chi connectivity index (χ0n) is 62.1. The second-order valence-electron chi connectivity index (χ2n) is 11.5. The molecule has 0 aliphatic heterocycles. The van der Waals surface area contributed by atoms with Crippen molar-refractivity contribution >= 4 is 11.0 Å². The molecule has 6 heteroatoms. The van der Waals surface area contributed by atoms with Crippen LogP contribution in [0.1, 0.15) is 70.2 Å². The highest BCUT2D eigenvalue weighted by molar-refractivity contribution is 5.94. The molecule has 0 radical (unpaired) electrons. The van der Waals surface area contributed by atoms with E-state index >= 15 is 0 Å². The standard InChI is InChI=1S/C49H35N5O/c1-53-42-30-29-35(31-43(42)54(2)48(53)55)32-25-27-34(28-26-32)46-50-45(33-15-6-3-7-16-33)51-47(52-46)39-22-14-24-41-44(39)38-21-12-13-23-40(38)49(41,36-17-8-4-9-18-36)37-19-10-5-11-20-37/h3-31H,1-2H3/i1D3,2D3,3D,4D,5D,6D,7D,8D,9D,10D,11D,12D,13D,14D,15D,16D,17D,18D,19D,20D,21D,22D,23D,24D,25D,26D,27D,28D,29D,30D,31D. The Bertz CT molecular complexity index is 4710. The molecule has 0 amide bonds. The maximum atomic E-state index is 13.6. The Hall–Kier alpha value is -7.18. The number of hydrogen-bond acceptors (Lipinski definition) is 4. The average molecular weight is 745 g/mol. The first-order valence-corrected chi connectivity index (χ1v) is 15.6. The smallest absolute Gasteiger partial charge is 0.295 e. The molecule has 0 saturated heterocycles. The highest BCUT2D eigenvalue weighted by Gasteiger charge is 2.47. The van der Waals surface area contributed by atoms with Gasteiger partial charge in [0.15, 0.2) is 17.5 Å². The van der Waals surface area contributed by atoms with E-state index in [2.05, 4.69) is 15.0 Å². The molecule has 55 heavy (non-hydrogen) atoms. The van der Waals surface area contributed by atoms with Crippen LogP contribution in [0.4, 0.5) is 0 Å². The molecule has 0 N–H and O–H groups in total. The Morgan fingerprint density at radius 1 is 0.473 bits per heavy atom. The molecule has 10 rings (SSSR count). The Morgan fingerprint density at radius 2 is 0.982 bits per heavy atom. The Labute approximate surface area is 367 Å². The fourth-order valence-corrected chi connectivity index (χ4v) is 6.26. The van der Waals surface area contributed by atoms with Crippen LogP contribution in [-0.2, 0) is 19.4 Å². The van der Waals surface area contributed by atoms with E-state index in [0.29, 0.717) is 0 Å². The normalized spacial score (nSPS) is 22.2. The van der Waals surface area contributed by atoms with E-state index in [0.717, 1.165) is 0 Å². The number of rotatable bonds is 6. The zero-order valence-corrected chi connectivity index (χ0v) is 27.1. The molecule has 6 nitrogen and oxygen atoms in total. The van der Waals surface area contributed by atoms with E-state index in [9.17, 15) is 24.0 Å². The SMILES string of the molecule is [2H]c1c([2H])c([2H])c(-c2nc(-c3c([2H])c([2H])c(-c4c([2H])c([2H])c5c(c4[2H])n(C([2H])([2H])[2H])c(=O)n5C([2H])([2H])[2H])c([2H])c3[2H])nc(-c3c([2H])c([2H])c([2H])c4c3-c3c([2H])c([2H])c([2H])c([2H])c3C4(c3c([2H])c([2H])c([2H])c([2H])c3[2H])c3c([2H])c([2H])c([2H])c([2H])c3[2H])n2)c([2H])c1[2H]. The second kappa shape index (κ2) is 12.7. The summed E-state index contributed by atoms with van der Waals surface area (Å²) < 4.78 is 313. The van der Waals surface area contributed by atoms with Gasteiger partial charge in [-0.25, -0.2) is 19.7 Å². The first-order valence-electron chi connectivity index (χ1n) is 33.1. The van der Waals surface area contributed by atoms with Gasteiger partial charge in [-0.2, -0.15) is 0 Å². The largest absolute Gasteiger partial charge is 0.328 e. The molecule has 2 aromatic heterocycles. The quantitative estimate of drug-likeness (QED) is 0.170. The molecule has 0 fully saturated rings. The fraction of sp³-hybridized carbons (Fsp3) is 0.0612. The lowest BCUT2D eigenvalue weighted by Gasteiger charge is -2.33. The summed E-state index contributed by atoms with van der Waals surface area (Å²) in [6.45, 7) is -7.14. The minimum atomic E-state index is -3.61. The highest BCUT2D eigenvalue weighted by atomic mass is 16.1. The predicted octanol–water partition coefficient (Wildman–Crippen LogP) is 10.1. The molecule has 1 aliphatic carbocycles. The van der Waals surface area contributed by atoms with Crippen LogP contribution < -0.4 is 5.69 Å². The summed E-state index contributed by atoms with van der Waals surface area (Å²) in [6, 6.07) is -34.5. The molecule has 0 unspecified atom stereocenters. The van der Waals surface area contributed by atoms with E-state index in [4.69, 9.17) is 28.8 Å². The van der Waals surface area contributed by atoms with Gasteiger partial charge in [0.05, 0.1) is 56.2 Å². The van der Waals surface area contributed by atoms with E-state index in [1.807, 2.05) is 0 Å². The van der Waals surface area contributed by atoms with Gasteiger partial charge in [0.25, 0.3) is 0 Å². The number of benzene rings is 7. The molecule has 1 aliphatic rings. The van der Waals surface area contributed by atoms with Crippen molar-refractivity contribution in [3.05, 3.63) is 208 Å². The molecule has 7 aromatic carbocycles. The second-order valence-corrected chi connectivity index (χ2v) is 11.5. The first-order chi connectivity index (χ1) is 41.5. The third-order valence-electron chi connectivity index (χ3n) is 8.60. The topological polar surface area (TPSA) is 65.6 Å². The molecule has 262 valence electrons. The van der Waals surface area contributed by atoms with Crippen molar-refractivity contribution in [1.82, 2.24) is 24.1 Å². The van der Waals surface area contributed by atoms with Gasteiger partial charge < -0.3 is 0 Å². The lowest BCUT2D eigenvalue weighted by Crippen LogP contribution is -2.28. The maximum Gasteiger partial charge on any atom is 0.328 e. The van der Waals surface area contributed by atoms with Gasteiger partial charge in [0.1, 0.15) is 0 Å². The van der Waals surface area contributed by atoms with Crippen LogP contribution in [0.25, 0.3) is 67.5 Å². The van der Waals surface area contributed by atoms with Crippen LogP contribution in [0.15, 0.2) is 180 Å². The first kappa shape index (κ1) is 12.4. The van der Waals surface area contributed by atoms with Crippen molar-refractivity contribution in [1.29, 1.82) is 0 Å². The van der Waals surface area contributed by atoms with Crippen molar-refractivity contribution in [2.24, 2.45) is 14.0 Å². The van der Waals surface area contributed by atoms with Crippen molar-refractivity contribution in [2.75, 3.05) is 0 Å². The van der Waals surface area contributed by atoms with Crippen LogP contribution in [0.5, 0.6) is 0 Å². The summed E-state index contributed by atoms with van der Waals surface area (Å²) in [5.74, 6) is -3.37. The number of fused-ring (bicyclic) bond motifs is 4. The highest BCUT2D eigenvalue weighted by Crippen LogP contribution is 2.58. The van der Waals surface area contributed by atoms with Gasteiger partial charge in [-0.05, 0) is 56.6 Å². The van der Waals surface area contributed by atoms with Crippen molar-refractivity contribution in [2.45, 2.75) is 5.41 Å². The number of nitrogens with zero attached hydrogens (tertiary/aromatic N) is 5. The summed E-state index contributed by atoms with van der Waals surface area (Å²) in [4.78, 5) is 26.6. The van der Waals surface area contributed by atoms with Crippen LogP contribution in [0.2, 0.25) is 0 Å². The van der Waals surface area contributed by atoms with Gasteiger partial charge in [0, 0.05) is 38.9 Å². The van der Waals surface area contributed by atoms with E-state index in [1.165, 1.54) is 0 Å². The van der Waals surface area contributed by atoms with Gasteiger partial charge in [-0.15, -0.1) is 0 Å². The van der Waals surface area contributed by atoms with E-state index in [1.54, 1.807) is 0 Å².